The number of nitrogens with one attached hydrogen (secondary N) is 3. The highest BCUT2D eigenvalue weighted by molar-refractivity contribution is 14.0. The van der Waals surface area contributed by atoms with Gasteiger partial charge in [-0.1, -0.05) is 23.5 Å². The van der Waals surface area contributed by atoms with Crippen molar-refractivity contribution in [1.29, 1.82) is 0 Å². The monoisotopic (exact) mass is 463 g/mol. The van der Waals surface area contributed by atoms with E-state index in [4.69, 9.17) is 4.74 Å². The Balaban J connectivity index is 0.00000288. The molecule has 0 aliphatic rings. The van der Waals surface area contributed by atoms with Gasteiger partial charge >= 0.3 is 0 Å². The molecule has 1 aromatic heterocycles. The van der Waals surface area contributed by atoms with E-state index in [9.17, 15) is 0 Å². The van der Waals surface area contributed by atoms with Crippen LogP contribution < -0.4 is 16.0 Å². The van der Waals surface area contributed by atoms with Gasteiger partial charge in [0.2, 0.25) is 0 Å². The van der Waals surface area contributed by atoms with Crippen molar-refractivity contribution in [1.82, 2.24) is 15.6 Å². The molecule has 0 bridgehead atoms. The molecule has 0 radical (unpaired) electrons. The van der Waals surface area contributed by atoms with Crippen molar-refractivity contribution in [2.24, 2.45) is 4.99 Å². The fraction of sp³-hybridized carbons (Fsp3) is 0.500. The maximum atomic E-state index is 5.38. The van der Waals surface area contributed by atoms with Gasteiger partial charge in [0.15, 0.2) is 11.1 Å². The van der Waals surface area contributed by atoms with Gasteiger partial charge in [0.1, 0.15) is 0 Å². The second-order valence-electron chi connectivity index (χ2n) is 5.73. The Morgan fingerprint density at radius 3 is 2.67 bits per heavy atom. The Kier molecular flexibility index (Phi) is 8.71. The number of thiazole rings is 1. The van der Waals surface area contributed by atoms with Crippen molar-refractivity contribution < 1.29 is 4.74 Å². The minimum Gasteiger partial charge on any atom is -0.377 e. The highest BCUT2D eigenvalue weighted by Gasteiger charge is 2.16. The highest BCUT2D eigenvalue weighted by Crippen LogP contribution is 2.24. The van der Waals surface area contributed by atoms with Crippen LogP contribution in [-0.4, -0.2) is 50.3 Å². The summed E-state index contributed by atoms with van der Waals surface area (Å²) in [4.78, 5) is 8.75. The quantitative estimate of drug-likeness (QED) is 0.255. The molecular formula is C16H26IN5OS. The predicted octanol–water partition coefficient (Wildman–Crippen LogP) is 2.92. The first-order valence-electron chi connectivity index (χ1n) is 7.63. The molecule has 3 N–H and O–H groups in total. The van der Waals surface area contributed by atoms with Crippen molar-refractivity contribution in [2.45, 2.75) is 19.4 Å². The average Bonchev–Trinajstić information content (AvgIpc) is 2.97. The summed E-state index contributed by atoms with van der Waals surface area (Å²) in [5, 5.41) is 10.8. The Morgan fingerprint density at radius 1 is 1.25 bits per heavy atom. The number of hydrogen-bond donors (Lipinski definition) is 3. The lowest BCUT2D eigenvalue weighted by Gasteiger charge is -2.24. The molecule has 0 atom stereocenters. The van der Waals surface area contributed by atoms with Gasteiger partial charge < -0.3 is 20.7 Å². The van der Waals surface area contributed by atoms with E-state index in [0.717, 1.165) is 29.7 Å². The molecule has 1 aromatic carbocycles. The third-order valence-corrected chi connectivity index (χ3v) is 4.44. The Labute approximate surface area is 164 Å². The topological polar surface area (TPSA) is 70.6 Å². The summed E-state index contributed by atoms with van der Waals surface area (Å²) in [7, 11) is 3.47. The van der Waals surface area contributed by atoms with Crippen molar-refractivity contribution >= 4 is 56.6 Å². The Hall–Kier alpha value is -1.13. The van der Waals surface area contributed by atoms with E-state index in [2.05, 4.69) is 32.0 Å². The van der Waals surface area contributed by atoms with Gasteiger partial charge in [-0.2, -0.15) is 0 Å². The number of anilines is 1. The summed E-state index contributed by atoms with van der Waals surface area (Å²) in [5.41, 5.74) is 0.809. The lowest BCUT2D eigenvalue weighted by atomic mass is 10.1. The maximum Gasteiger partial charge on any atom is 0.191 e. The third-order valence-electron chi connectivity index (χ3n) is 3.45. The summed E-state index contributed by atoms with van der Waals surface area (Å²) in [6.45, 7) is 6.27. The fourth-order valence-electron chi connectivity index (χ4n) is 1.89. The van der Waals surface area contributed by atoms with Gasteiger partial charge in [-0.15, -0.1) is 24.0 Å². The van der Waals surface area contributed by atoms with Gasteiger partial charge in [0, 0.05) is 33.8 Å². The van der Waals surface area contributed by atoms with E-state index < -0.39 is 0 Å². The summed E-state index contributed by atoms with van der Waals surface area (Å²) in [5.74, 6) is 0.765. The molecule has 0 aliphatic carbocycles. The van der Waals surface area contributed by atoms with Crippen LogP contribution in [0, 0.1) is 0 Å². The highest BCUT2D eigenvalue weighted by atomic mass is 127. The lowest BCUT2D eigenvalue weighted by Crippen LogP contribution is -2.46. The molecule has 8 heteroatoms. The zero-order chi connectivity index (χ0) is 16.7. The first kappa shape index (κ1) is 20.9. The number of benzene rings is 1. The number of ether oxygens (including phenoxy) is 1. The number of para-hydroxylation sites is 1. The smallest absolute Gasteiger partial charge is 0.191 e. The zero-order valence-electron chi connectivity index (χ0n) is 14.5. The van der Waals surface area contributed by atoms with Gasteiger partial charge in [-0.05, 0) is 26.0 Å². The number of aromatic nitrogens is 1. The molecule has 0 amide bonds. The van der Waals surface area contributed by atoms with Gasteiger partial charge in [0.25, 0.3) is 0 Å². The minimum atomic E-state index is -0.225. The first-order valence-corrected chi connectivity index (χ1v) is 8.45. The van der Waals surface area contributed by atoms with Crippen LogP contribution in [0.5, 0.6) is 0 Å². The molecule has 0 saturated carbocycles. The van der Waals surface area contributed by atoms with Crippen LogP contribution in [0.1, 0.15) is 13.8 Å². The lowest BCUT2D eigenvalue weighted by molar-refractivity contribution is 0.0268. The number of nitrogens with zero attached hydrogens (tertiary/aromatic N) is 2. The standard InChI is InChI=1S/C16H25N5OS.HI/c1-16(2,22-4)11-20-14(17-3)18-9-10-19-15-21-12-7-5-6-8-13(12)23-15;/h5-8H,9-11H2,1-4H3,(H,19,21)(H2,17,18,20);1H. The van der Waals surface area contributed by atoms with Crippen molar-refractivity contribution in [3.8, 4) is 0 Å². The number of methoxy groups -OCH3 is 1. The minimum absolute atomic E-state index is 0. The summed E-state index contributed by atoms with van der Waals surface area (Å²) >= 11 is 1.67. The van der Waals surface area contributed by atoms with Crippen LogP contribution in [-0.2, 0) is 4.74 Å². The van der Waals surface area contributed by atoms with Crippen molar-refractivity contribution in [3.63, 3.8) is 0 Å². The number of guanidine groups is 1. The van der Waals surface area contributed by atoms with Crippen LogP contribution in [0.15, 0.2) is 29.3 Å². The van der Waals surface area contributed by atoms with E-state index in [-0.39, 0.29) is 29.6 Å². The van der Waals surface area contributed by atoms with Crippen LogP contribution >= 0.6 is 35.3 Å². The van der Waals surface area contributed by atoms with Gasteiger partial charge in [0.05, 0.1) is 15.8 Å². The normalized spacial score (nSPS) is 11.9. The van der Waals surface area contributed by atoms with E-state index in [1.165, 1.54) is 4.70 Å². The number of fused-ring (bicyclic) bond motifs is 1. The molecule has 0 unspecified atom stereocenters. The molecular weight excluding hydrogens is 437 g/mol. The number of hydrogen-bond acceptors (Lipinski definition) is 5. The maximum absolute atomic E-state index is 5.38. The number of aliphatic imine (C=N–C) groups is 1. The zero-order valence-corrected chi connectivity index (χ0v) is 17.7. The van der Waals surface area contributed by atoms with Crippen molar-refractivity contribution in [3.05, 3.63) is 24.3 Å². The molecule has 6 nitrogen and oxygen atoms in total. The molecule has 2 aromatic rings. The molecule has 1 heterocycles. The largest absolute Gasteiger partial charge is 0.377 e. The van der Waals surface area contributed by atoms with Crippen LogP contribution in [0.25, 0.3) is 10.2 Å². The molecule has 134 valence electrons. The molecule has 0 aliphatic heterocycles. The molecule has 2 rings (SSSR count). The predicted molar refractivity (Wildman–Crippen MR) is 114 cm³/mol. The molecule has 0 saturated heterocycles. The summed E-state index contributed by atoms with van der Waals surface area (Å²) < 4.78 is 6.58. The SMILES string of the molecule is CN=C(NCCNc1nc2ccccc2s1)NCC(C)(C)OC.I. The molecule has 0 spiro atoms. The van der Waals surface area contributed by atoms with Crippen LogP contribution in [0.2, 0.25) is 0 Å². The van der Waals surface area contributed by atoms with E-state index in [1.807, 2.05) is 32.0 Å². The number of halogens is 1. The second kappa shape index (κ2) is 10.00. The first-order chi connectivity index (χ1) is 11.0. The van der Waals surface area contributed by atoms with Gasteiger partial charge in [-0.3, -0.25) is 4.99 Å². The summed E-state index contributed by atoms with van der Waals surface area (Å²) in [6, 6.07) is 8.14. The van der Waals surface area contributed by atoms with Crippen molar-refractivity contribution in [2.75, 3.05) is 39.1 Å². The fourth-order valence-corrected chi connectivity index (χ4v) is 2.78. The van der Waals surface area contributed by atoms with Crippen LogP contribution in [0.4, 0.5) is 5.13 Å². The Morgan fingerprint density at radius 2 is 2.00 bits per heavy atom. The Bertz CT molecular complexity index is 626. The van der Waals surface area contributed by atoms with Gasteiger partial charge in [-0.25, -0.2) is 4.98 Å². The number of rotatable bonds is 7. The molecule has 24 heavy (non-hydrogen) atoms. The van der Waals surface area contributed by atoms with E-state index >= 15 is 0 Å². The third kappa shape index (κ3) is 6.40. The van der Waals surface area contributed by atoms with E-state index in [0.29, 0.717) is 6.54 Å². The average molecular weight is 463 g/mol. The van der Waals surface area contributed by atoms with Crippen LogP contribution in [0.3, 0.4) is 0 Å². The molecule has 0 fully saturated rings. The summed E-state index contributed by atoms with van der Waals surface area (Å²) in [6.07, 6.45) is 0. The van der Waals surface area contributed by atoms with E-state index in [1.54, 1.807) is 25.5 Å². The second-order valence-corrected chi connectivity index (χ2v) is 6.76.